The molecular weight excluding hydrogens is 423 g/mol. The highest BCUT2D eigenvalue weighted by molar-refractivity contribution is 9.13. The highest BCUT2D eigenvalue weighted by atomic mass is 79.9. The van der Waals surface area contributed by atoms with Gasteiger partial charge in [-0.3, -0.25) is 4.90 Å². The Labute approximate surface area is 145 Å². The predicted molar refractivity (Wildman–Crippen MR) is 94.4 cm³/mol. The van der Waals surface area contributed by atoms with Crippen LogP contribution in [0.3, 0.4) is 0 Å². The van der Waals surface area contributed by atoms with E-state index in [1.54, 1.807) is 11.3 Å². The maximum atomic E-state index is 5.98. The minimum Gasteiger partial charge on any atom is -0.329 e. The van der Waals surface area contributed by atoms with Crippen LogP contribution in [-0.2, 0) is 6.54 Å². The molecule has 0 saturated carbocycles. The topological polar surface area (TPSA) is 29.3 Å². The summed E-state index contributed by atoms with van der Waals surface area (Å²) in [4.78, 5) is 3.49. The molecule has 2 N–H and O–H groups in total. The van der Waals surface area contributed by atoms with Gasteiger partial charge in [0.05, 0.1) is 4.34 Å². The number of likely N-dealkylation sites (N-methyl/N-ethyl adjacent to an activating group) is 1. The molecule has 6 heteroatoms. The van der Waals surface area contributed by atoms with Crippen LogP contribution < -0.4 is 5.73 Å². The zero-order chi connectivity index (χ0) is 14.7. The molecular formula is C14H15Br2ClN2S. The summed E-state index contributed by atoms with van der Waals surface area (Å²) in [6.45, 7) is 1.41. The first kappa shape index (κ1) is 16.5. The fraction of sp³-hybridized carbons (Fsp3) is 0.286. The van der Waals surface area contributed by atoms with Gasteiger partial charge >= 0.3 is 0 Å². The zero-order valence-electron chi connectivity index (χ0n) is 10.9. The van der Waals surface area contributed by atoms with Gasteiger partial charge < -0.3 is 5.73 Å². The van der Waals surface area contributed by atoms with Gasteiger partial charge in [0.1, 0.15) is 0 Å². The number of hydrogen-bond acceptors (Lipinski definition) is 3. The third-order valence-corrected chi connectivity index (χ3v) is 6.21. The molecule has 2 nitrogen and oxygen atoms in total. The van der Waals surface area contributed by atoms with Gasteiger partial charge in [-0.05, 0) is 68.7 Å². The van der Waals surface area contributed by atoms with E-state index in [-0.39, 0.29) is 6.04 Å². The Morgan fingerprint density at radius 2 is 2.00 bits per heavy atom. The second kappa shape index (κ2) is 7.38. The molecule has 0 amide bonds. The third-order valence-electron chi connectivity index (χ3n) is 3.12. The van der Waals surface area contributed by atoms with Crippen LogP contribution in [0.5, 0.6) is 0 Å². The molecule has 1 aromatic heterocycles. The van der Waals surface area contributed by atoms with Crippen molar-refractivity contribution in [3.8, 4) is 0 Å². The van der Waals surface area contributed by atoms with Crippen molar-refractivity contribution < 1.29 is 0 Å². The lowest BCUT2D eigenvalue weighted by Crippen LogP contribution is -2.29. The molecule has 0 spiro atoms. The minimum atomic E-state index is 0.181. The standard InChI is InChI=1S/C14H15Br2ClN2S/c1-19(8-10-3-5-14(17)20-10)13(7-18)9-2-4-11(15)12(16)6-9/h2-6,13H,7-8,18H2,1H3. The summed E-state index contributed by atoms with van der Waals surface area (Å²) in [5.41, 5.74) is 7.16. The fourth-order valence-electron chi connectivity index (χ4n) is 2.08. The quantitative estimate of drug-likeness (QED) is 0.707. The molecule has 1 heterocycles. The Bertz CT molecular complexity index is 588. The van der Waals surface area contributed by atoms with Gasteiger partial charge in [0, 0.05) is 33.0 Å². The maximum Gasteiger partial charge on any atom is 0.0931 e. The summed E-state index contributed by atoms with van der Waals surface area (Å²) in [5, 5.41) is 0. The third kappa shape index (κ3) is 4.06. The van der Waals surface area contributed by atoms with Crippen molar-refractivity contribution in [2.75, 3.05) is 13.6 Å². The highest BCUT2D eigenvalue weighted by Gasteiger charge is 2.17. The van der Waals surface area contributed by atoms with Gasteiger partial charge in [-0.1, -0.05) is 17.7 Å². The summed E-state index contributed by atoms with van der Waals surface area (Å²) in [6.07, 6.45) is 0. The molecule has 2 aromatic rings. The normalized spacial score (nSPS) is 12.9. The van der Waals surface area contributed by atoms with E-state index in [1.807, 2.05) is 12.1 Å². The first-order valence-corrected chi connectivity index (χ1v) is 8.88. The van der Waals surface area contributed by atoms with Gasteiger partial charge in [0.25, 0.3) is 0 Å². The molecule has 0 aliphatic carbocycles. The number of thiophene rings is 1. The number of nitrogens with zero attached hydrogens (tertiary/aromatic N) is 1. The Morgan fingerprint density at radius 3 is 2.55 bits per heavy atom. The molecule has 0 aliphatic rings. The molecule has 0 radical (unpaired) electrons. The second-order valence-electron chi connectivity index (χ2n) is 4.55. The molecule has 0 fully saturated rings. The highest BCUT2D eigenvalue weighted by Crippen LogP contribution is 2.30. The molecule has 0 bridgehead atoms. The number of hydrogen-bond donors (Lipinski definition) is 1. The average molecular weight is 439 g/mol. The van der Waals surface area contributed by atoms with Crippen LogP contribution in [0, 0.1) is 0 Å². The Kier molecular flexibility index (Phi) is 6.08. The maximum absolute atomic E-state index is 5.98. The van der Waals surface area contributed by atoms with E-state index in [9.17, 15) is 0 Å². The molecule has 2 rings (SSSR count). The molecule has 1 atom stereocenters. The van der Waals surface area contributed by atoms with Crippen molar-refractivity contribution in [2.24, 2.45) is 5.73 Å². The van der Waals surface area contributed by atoms with Gasteiger partial charge in [-0.15, -0.1) is 11.3 Å². The molecule has 108 valence electrons. The van der Waals surface area contributed by atoms with Crippen LogP contribution in [-0.4, -0.2) is 18.5 Å². The zero-order valence-corrected chi connectivity index (χ0v) is 15.7. The summed E-state index contributed by atoms with van der Waals surface area (Å²) >= 11 is 14.6. The monoisotopic (exact) mass is 436 g/mol. The number of nitrogens with two attached hydrogens (primary N) is 1. The Balaban J connectivity index is 2.16. The number of benzene rings is 1. The first-order chi connectivity index (χ1) is 9.51. The van der Waals surface area contributed by atoms with Gasteiger partial charge in [-0.2, -0.15) is 0 Å². The van der Waals surface area contributed by atoms with E-state index in [0.29, 0.717) is 6.54 Å². The van der Waals surface area contributed by atoms with Crippen LogP contribution in [0.4, 0.5) is 0 Å². The lowest BCUT2D eigenvalue weighted by molar-refractivity contribution is 0.244. The lowest BCUT2D eigenvalue weighted by Gasteiger charge is -2.27. The second-order valence-corrected chi connectivity index (χ2v) is 8.05. The van der Waals surface area contributed by atoms with Crippen molar-refractivity contribution in [1.29, 1.82) is 0 Å². The van der Waals surface area contributed by atoms with Crippen molar-refractivity contribution in [1.82, 2.24) is 4.90 Å². The van der Waals surface area contributed by atoms with Crippen LogP contribution in [0.1, 0.15) is 16.5 Å². The summed E-state index contributed by atoms with van der Waals surface area (Å²) in [6, 6.07) is 10.4. The molecule has 20 heavy (non-hydrogen) atoms. The van der Waals surface area contributed by atoms with Crippen LogP contribution in [0.15, 0.2) is 39.3 Å². The predicted octanol–water partition coefficient (Wildman–Crippen LogP) is 5.06. The van der Waals surface area contributed by atoms with Crippen molar-refractivity contribution in [3.05, 3.63) is 54.1 Å². The molecule has 1 aromatic carbocycles. The van der Waals surface area contributed by atoms with Crippen molar-refractivity contribution in [3.63, 3.8) is 0 Å². The molecule has 0 saturated heterocycles. The van der Waals surface area contributed by atoms with E-state index in [1.165, 1.54) is 10.4 Å². The summed E-state index contributed by atoms with van der Waals surface area (Å²) < 4.78 is 2.91. The van der Waals surface area contributed by atoms with Crippen molar-refractivity contribution >= 4 is 54.8 Å². The SMILES string of the molecule is CN(Cc1ccc(Cl)s1)C(CN)c1ccc(Br)c(Br)c1. The summed E-state index contributed by atoms with van der Waals surface area (Å²) in [5.74, 6) is 0. The minimum absolute atomic E-state index is 0.181. The first-order valence-electron chi connectivity index (χ1n) is 6.10. The smallest absolute Gasteiger partial charge is 0.0931 e. The Morgan fingerprint density at radius 1 is 1.25 bits per heavy atom. The van der Waals surface area contributed by atoms with E-state index in [2.05, 4.69) is 62.0 Å². The molecule has 0 aliphatic heterocycles. The number of rotatable bonds is 5. The van der Waals surface area contributed by atoms with Crippen LogP contribution in [0.25, 0.3) is 0 Å². The van der Waals surface area contributed by atoms with Gasteiger partial charge in [0.2, 0.25) is 0 Å². The van der Waals surface area contributed by atoms with Gasteiger partial charge in [-0.25, -0.2) is 0 Å². The van der Waals surface area contributed by atoms with Crippen LogP contribution >= 0.6 is 54.8 Å². The Hall–Kier alpha value is 0.0900. The lowest BCUT2D eigenvalue weighted by atomic mass is 10.1. The van der Waals surface area contributed by atoms with Crippen LogP contribution in [0.2, 0.25) is 4.34 Å². The van der Waals surface area contributed by atoms with E-state index in [4.69, 9.17) is 17.3 Å². The van der Waals surface area contributed by atoms with Crippen molar-refractivity contribution in [2.45, 2.75) is 12.6 Å². The van der Waals surface area contributed by atoms with E-state index < -0.39 is 0 Å². The largest absolute Gasteiger partial charge is 0.329 e. The van der Waals surface area contributed by atoms with E-state index in [0.717, 1.165) is 19.8 Å². The average Bonchev–Trinajstić information content (AvgIpc) is 2.80. The molecule has 1 unspecified atom stereocenters. The van der Waals surface area contributed by atoms with Gasteiger partial charge in [0.15, 0.2) is 0 Å². The summed E-state index contributed by atoms with van der Waals surface area (Å²) in [7, 11) is 2.08. The fourth-order valence-corrected chi connectivity index (χ4v) is 3.88. The van der Waals surface area contributed by atoms with E-state index >= 15 is 0 Å². The number of halogens is 3.